The van der Waals surface area contributed by atoms with Crippen LogP contribution in [0.2, 0.25) is 0 Å². The Morgan fingerprint density at radius 1 is 0.893 bits per heavy atom. The highest BCUT2D eigenvalue weighted by atomic mass is 16.7. The molecule has 0 aromatic rings. The van der Waals surface area contributed by atoms with Crippen molar-refractivity contribution >= 4 is 5.97 Å². The molecule has 330 valence electrons. The van der Waals surface area contributed by atoms with E-state index >= 15 is 0 Å². The van der Waals surface area contributed by atoms with E-state index in [1.807, 2.05) is 46.7 Å². The van der Waals surface area contributed by atoms with Crippen LogP contribution in [0.4, 0.5) is 0 Å². The molecule has 0 bridgehead atoms. The fourth-order valence-corrected chi connectivity index (χ4v) is 9.64. The normalized spacial score (nSPS) is 47.7. The topological polar surface area (TPSA) is 189 Å². The highest BCUT2D eigenvalue weighted by Gasteiger charge is 2.53. The van der Waals surface area contributed by atoms with Crippen LogP contribution in [-0.4, -0.2) is 154 Å². The van der Waals surface area contributed by atoms with E-state index in [0.717, 1.165) is 19.3 Å². The minimum Gasteiger partial charge on any atom is -0.459 e. The van der Waals surface area contributed by atoms with E-state index in [0.29, 0.717) is 13.0 Å². The molecule has 3 fully saturated rings. The van der Waals surface area contributed by atoms with E-state index in [1.54, 1.807) is 34.6 Å². The molecule has 0 radical (unpaired) electrons. The first kappa shape index (κ1) is 49.4. The summed E-state index contributed by atoms with van der Waals surface area (Å²) < 4.78 is 37.9. The van der Waals surface area contributed by atoms with Gasteiger partial charge in [0.25, 0.3) is 0 Å². The van der Waals surface area contributed by atoms with Gasteiger partial charge in [-0.1, -0.05) is 47.5 Å². The standard InChI is InChI=1S/C42H80N2O12/c1-15-17-18-19-43-32-23(3)21-40(9,49)37(56-39-33(45)29(44(12)13)20-24(4)52-39)26(6)34(55-31-22-41(10,51-14)36(47)28(8)53-31)27(7)38(48)54-30(16-2)42(11,50)35(46)25(32)5/h23-37,39,43,45-47,49-50H,15-22H2,1-14H3/t23-,24-,25+,26+,27-,28+,29+,30-,31+,32?,33-,34+,35-,36+,37?,39+,40-,41-,42-/m1/s1. The Kier molecular flexibility index (Phi) is 18.1. The molecule has 0 spiro atoms. The second-order valence-corrected chi connectivity index (χ2v) is 18.4. The number of esters is 1. The number of unbranched alkanes of at least 4 members (excludes halogenated alkanes) is 2. The molecule has 3 aliphatic rings. The Balaban J connectivity index is 2.21. The summed E-state index contributed by atoms with van der Waals surface area (Å²) in [5, 5.41) is 63.0. The molecule has 56 heavy (non-hydrogen) atoms. The molecule has 6 N–H and O–H groups in total. The van der Waals surface area contributed by atoms with Gasteiger partial charge in [-0.05, 0) is 93.8 Å². The molecule has 0 amide bonds. The maximum absolute atomic E-state index is 14.3. The van der Waals surface area contributed by atoms with Crippen LogP contribution >= 0.6 is 0 Å². The third-order valence-corrected chi connectivity index (χ3v) is 13.3. The summed E-state index contributed by atoms with van der Waals surface area (Å²) in [5.41, 5.74) is -4.46. The van der Waals surface area contributed by atoms with E-state index in [4.69, 9.17) is 28.4 Å². The van der Waals surface area contributed by atoms with Crippen molar-refractivity contribution in [3.8, 4) is 0 Å². The molecule has 19 atom stereocenters. The molecular weight excluding hydrogens is 724 g/mol. The van der Waals surface area contributed by atoms with E-state index in [2.05, 4.69) is 12.2 Å². The van der Waals surface area contributed by atoms with Crippen LogP contribution in [0.1, 0.15) is 121 Å². The average molecular weight is 805 g/mol. The summed E-state index contributed by atoms with van der Waals surface area (Å²) >= 11 is 0. The minimum absolute atomic E-state index is 0.132. The SMILES string of the molecule is CCCCCNC1[C@H](C)C[C@@](C)(O)C(O[C@@H]2O[C@H](C)C[C@H](N(C)C)[C@H]2O)[C@@H](C)[C@H](O[C@H]2C[C@@](C)(OC)[C@@H](O)[C@H](C)O2)[C@@H](C)C(=O)O[C@H](CC)[C@@](C)(O)[C@H](O)[C@H]1C. The zero-order valence-electron chi connectivity index (χ0n) is 36.9. The minimum atomic E-state index is -1.82. The molecule has 0 saturated carbocycles. The number of aliphatic hydroxyl groups is 5. The van der Waals surface area contributed by atoms with E-state index < -0.39 is 95.8 Å². The Hall–Kier alpha value is -1.01. The lowest BCUT2D eigenvalue weighted by molar-refractivity contribution is -0.318. The maximum Gasteiger partial charge on any atom is 0.311 e. The summed E-state index contributed by atoms with van der Waals surface area (Å²) in [6.07, 6.45) is -5.40. The van der Waals surface area contributed by atoms with Gasteiger partial charge in [0, 0.05) is 37.5 Å². The lowest BCUT2D eigenvalue weighted by Crippen LogP contribution is -2.62. The Bertz CT molecular complexity index is 1210. The quantitative estimate of drug-likeness (QED) is 0.125. The highest BCUT2D eigenvalue weighted by Crippen LogP contribution is 2.41. The first-order valence-electron chi connectivity index (χ1n) is 21.2. The molecule has 0 aliphatic carbocycles. The molecule has 0 aromatic heterocycles. The van der Waals surface area contributed by atoms with Gasteiger partial charge in [-0.3, -0.25) is 4.79 Å². The summed E-state index contributed by atoms with van der Waals surface area (Å²) in [6, 6.07) is -0.654. The smallest absolute Gasteiger partial charge is 0.311 e. The van der Waals surface area contributed by atoms with Gasteiger partial charge < -0.3 is 64.2 Å². The highest BCUT2D eigenvalue weighted by molar-refractivity contribution is 5.73. The number of likely N-dealkylation sites (N-methyl/N-ethyl adjacent to an activating group) is 1. The summed E-state index contributed by atoms with van der Waals surface area (Å²) in [4.78, 5) is 16.3. The number of ether oxygens (including phenoxy) is 6. The van der Waals surface area contributed by atoms with Gasteiger partial charge in [0.2, 0.25) is 0 Å². The average Bonchev–Trinajstić information content (AvgIpc) is 3.12. The number of aliphatic hydroxyl groups excluding tert-OH is 3. The van der Waals surface area contributed by atoms with Crippen molar-refractivity contribution < 1.29 is 58.7 Å². The van der Waals surface area contributed by atoms with E-state index in [1.165, 1.54) is 14.0 Å². The second kappa shape index (κ2) is 20.5. The Labute approximate surface area is 337 Å². The third kappa shape index (κ3) is 11.4. The number of nitrogens with zero attached hydrogens (tertiary/aromatic N) is 1. The summed E-state index contributed by atoms with van der Waals surface area (Å²) in [6.45, 7) is 20.6. The van der Waals surface area contributed by atoms with Crippen molar-refractivity contribution in [3.63, 3.8) is 0 Å². The third-order valence-electron chi connectivity index (χ3n) is 13.3. The van der Waals surface area contributed by atoms with Crippen molar-refractivity contribution in [2.75, 3.05) is 27.7 Å². The van der Waals surface area contributed by atoms with Crippen molar-refractivity contribution in [3.05, 3.63) is 0 Å². The van der Waals surface area contributed by atoms with Gasteiger partial charge in [-0.15, -0.1) is 0 Å². The number of rotatable bonds is 12. The number of hydrogen-bond donors (Lipinski definition) is 6. The first-order chi connectivity index (χ1) is 26.0. The maximum atomic E-state index is 14.3. The fourth-order valence-electron chi connectivity index (χ4n) is 9.64. The van der Waals surface area contributed by atoms with Crippen LogP contribution in [0, 0.1) is 23.7 Å². The van der Waals surface area contributed by atoms with Gasteiger partial charge in [0.05, 0.1) is 47.6 Å². The lowest BCUT2D eigenvalue weighted by Gasteiger charge is -2.49. The molecule has 3 aliphatic heterocycles. The molecule has 3 rings (SSSR count). The van der Waals surface area contributed by atoms with Crippen LogP contribution in [0.15, 0.2) is 0 Å². The zero-order chi connectivity index (χ0) is 42.5. The predicted octanol–water partition coefficient (Wildman–Crippen LogP) is 3.36. The second-order valence-electron chi connectivity index (χ2n) is 18.4. The summed E-state index contributed by atoms with van der Waals surface area (Å²) in [7, 11) is 5.30. The van der Waals surface area contributed by atoms with Gasteiger partial charge in [-0.25, -0.2) is 0 Å². The molecule has 3 saturated heterocycles. The fraction of sp³-hybridized carbons (Fsp3) is 0.976. The molecule has 3 heterocycles. The monoisotopic (exact) mass is 805 g/mol. The Morgan fingerprint density at radius 2 is 1.54 bits per heavy atom. The Morgan fingerprint density at radius 3 is 2.11 bits per heavy atom. The van der Waals surface area contributed by atoms with Crippen LogP contribution in [0.25, 0.3) is 0 Å². The van der Waals surface area contributed by atoms with E-state index in [9.17, 15) is 30.3 Å². The van der Waals surface area contributed by atoms with Crippen LogP contribution in [0.5, 0.6) is 0 Å². The van der Waals surface area contributed by atoms with E-state index in [-0.39, 0.29) is 43.4 Å². The van der Waals surface area contributed by atoms with Gasteiger partial charge in [-0.2, -0.15) is 0 Å². The van der Waals surface area contributed by atoms with Crippen molar-refractivity contribution in [2.45, 2.75) is 211 Å². The van der Waals surface area contributed by atoms with Crippen molar-refractivity contribution in [1.29, 1.82) is 0 Å². The zero-order valence-corrected chi connectivity index (χ0v) is 36.9. The first-order valence-corrected chi connectivity index (χ1v) is 21.2. The van der Waals surface area contributed by atoms with Crippen molar-refractivity contribution in [1.82, 2.24) is 10.2 Å². The van der Waals surface area contributed by atoms with Gasteiger partial charge in [0.15, 0.2) is 12.6 Å². The van der Waals surface area contributed by atoms with Crippen LogP contribution in [0.3, 0.4) is 0 Å². The largest absolute Gasteiger partial charge is 0.459 e. The number of cyclic esters (lactones) is 1. The lowest BCUT2D eigenvalue weighted by atomic mass is 9.72. The number of nitrogens with one attached hydrogen (secondary N) is 1. The van der Waals surface area contributed by atoms with Crippen LogP contribution < -0.4 is 5.32 Å². The number of carbonyl (C=O) groups is 1. The van der Waals surface area contributed by atoms with Crippen molar-refractivity contribution in [2.24, 2.45) is 23.7 Å². The summed E-state index contributed by atoms with van der Waals surface area (Å²) in [5.74, 6) is -3.25. The van der Waals surface area contributed by atoms with Gasteiger partial charge in [0.1, 0.15) is 23.9 Å². The predicted molar refractivity (Wildman–Crippen MR) is 213 cm³/mol. The molecule has 0 aromatic carbocycles. The van der Waals surface area contributed by atoms with Gasteiger partial charge >= 0.3 is 5.97 Å². The van der Waals surface area contributed by atoms with Crippen LogP contribution in [-0.2, 0) is 33.2 Å². The number of methoxy groups -OCH3 is 1. The molecular formula is C42H80N2O12. The molecule has 14 heteroatoms. The number of carbonyl (C=O) groups excluding carboxylic acids is 1. The number of hydrogen-bond acceptors (Lipinski definition) is 14. The molecule has 2 unspecified atom stereocenters. The molecule has 14 nitrogen and oxygen atoms in total.